The van der Waals surface area contributed by atoms with Crippen LogP contribution < -0.4 is 0 Å². The maximum absolute atomic E-state index is 12.1. The summed E-state index contributed by atoms with van der Waals surface area (Å²) in [6.45, 7) is 8.23. The van der Waals surface area contributed by atoms with E-state index in [0.29, 0.717) is 16.9 Å². The van der Waals surface area contributed by atoms with Crippen LogP contribution in [0.2, 0.25) is 0 Å². The van der Waals surface area contributed by atoms with Crippen LogP contribution in [0, 0.1) is 17.3 Å². The molecule has 2 aliphatic carbocycles. The number of cyclic esters (lactones) is 1. The zero-order valence-electron chi connectivity index (χ0n) is 16.2. The zero-order chi connectivity index (χ0) is 18.9. The van der Waals surface area contributed by atoms with Gasteiger partial charge in [-0.25, -0.2) is 9.59 Å². The molecule has 1 heterocycles. The van der Waals surface area contributed by atoms with Gasteiger partial charge in [-0.1, -0.05) is 26.7 Å². The molecule has 0 aromatic rings. The molecule has 4 atom stereocenters. The predicted molar refractivity (Wildman–Crippen MR) is 96.8 cm³/mol. The largest absolute Gasteiger partial charge is 0.459 e. The zero-order valence-corrected chi connectivity index (χ0v) is 16.2. The van der Waals surface area contributed by atoms with Gasteiger partial charge in [-0.15, -0.1) is 0 Å². The van der Waals surface area contributed by atoms with Crippen molar-refractivity contribution in [3.63, 3.8) is 0 Å². The van der Waals surface area contributed by atoms with E-state index in [1.807, 2.05) is 0 Å². The van der Waals surface area contributed by atoms with Crippen molar-refractivity contribution in [3.05, 3.63) is 23.5 Å². The molecule has 26 heavy (non-hydrogen) atoms. The third kappa shape index (κ3) is 3.97. The fraction of sp³-hybridized carbons (Fsp3) is 0.714. The topological polar surface area (TPSA) is 61.8 Å². The summed E-state index contributed by atoms with van der Waals surface area (Å²) in [5, 5.41) is 0. The van der Waals surface area contributed by atoms with E-state index in [1.54, 1.807) is 13.8 Å². The van der Waals surface area contributed by atoms with Crippen LogP contribution in [-0.2, 0) is 23.8 Å². The summed E-state index contributed by atoms with van der Waals surface area (Å²) in [4.78, 5) is 23.5. The maximum atomic E-state index is 12.1. The fourth-order valence-electron chi connectivity index (χ4n) is 4.79. The first-order valence-electron chi connectivity index (χ1n) is 9.69. The Bertz CT molecular complexity index is 630. The van der Waals surface area contributed by atoms with Gasteiger partial charge in [-0.3, -0.25) is 0 Å². The van der Waals surface area contributed by atoms with Gasteiger partial charge in [0, 0.05) is 11.1 Å². The Balaban J connectivity index is 1.46. The number of carbonyl (C=O) groups is 2. The minimum Gasteiger partial charge on any atom is -0.459 e. The van der Waals surface area contributed by atoms with Crippen LogP contribution >= 0.6 is 0 Å². The number of fused-ring (bicyclic) bond motifs is 1. The van der Waals surface area contributed by atoms with Gasteiger partial charge in [0.05, 0.1) is 12.3 Å². The molecule has 5 nitrogen and oxygen atoms in total. The third-order valence-electron chi connectivity index (χ3n) is 6.49. The van der Waals surface area contributed by atoms with Crippen LogP contribution in [0.1, 0.15) is 66.2 Å². The van der Waals surface area contributed by atoms with Gasteiger partial charge in [-0.2, -0.15) is 0 Å². The first-order valence-corrected chi connectivity index (χ1v) is 9.69. The lowest BCUT2D eigenvalue weighted by molar-refractivity contribution is -0.153. The van der Waals surface area contributed by atoms with Gasteiger partial charge in [0.15, 0.2) is 0 Å². The molecule has 0 bridgehead atoms. The lowest BCUT2D eigenvalue weighted by atomic mass is 9.58. The Kier molecular flexibility index (Phi) is 5.44. The van der Waals surface area contributed by atoms with Crippen molar-refractivity contribution >= 4 is 11.9 Å². The molecule has 1 aliphatic heterocycles. The minimum atomic E-state index is -0.744. The average Bonchev–Trinajstić information content (AvgIpc) is 2.81. The van der Waals surface area contributed by atoms with E-state index >= 15 is 0 Å². The molecule has 0 radical (unpaired) electrons. The third-order valence-corrected chi connectivity index (χ3v) is 6.49. The Morgan fingerprint density at radius 1 is 1.23 bits per heavy atom. The van der Waals surface area contributed by atoms with E-state index in [-0.39, 0.29) is 12.1 Å². The smallest absolute Gasteiger partial charge is 0.337 e. The monoisotopic (exact) mass is 362 g/mol. The molecule has 2 saturated carbocycles. The molecular weight excluding hydrogens is 332 g/mol. The summed E-state index contributed by atoms with van der Waals surface area (Å²) in [6.07, 6.45) is 8.65. The Morgan fingerprint density at radius 3 is 2.69 bits per heavy atom. The molecule has 144 valence electrons. The van der Waals surface area contributed by atoms with Crippen molar-refractivity contribution in [3.8, 4) is 0 Å². The molecule has 0 saturated heterocycles. The second kappa shape index (κ2) is 7.45. The predicted octanol–water partition coefficient (Wildman–Crippen LogP) is 4.27. The van der Waals surface area contributed by atoms with Crippen molar-refractivity contribution in [2.24, 2.45) is 17.3 Å². The van der Waals surface area contributed by atoms with Gasteiger partial charge in [0.1, 0.15) is 6.10 Å². The summed E-state index contributed by atoms with van der Waals surface area (Å²) in [5.74, 6) is 0.640. The molecule has 3 aliphatic rings. The molecule has 2 fully saturated rings. The average molecular weight is 362 g/mol. The number of hydrogen-bond acceptors (Lipinski definition) is 5. The van der Waals surface area contributed by atoms with E-state index < -0.39 is 12.3 Å². The second-order valence-electron chi connectivity index (χ2n) is 8.60. The van der Waals surface area contributed by atoms with Crippen LogP contribution in [-0.4, -0.2) is 24.3 Å². The Hall–Kier alpha value is -1.78. The number of ether oxygens (including phenoxy) is 3. The SMILES string of the molecule is CC1=C(C)C(O/C=C/C(=O)OC2CCC3C(CCCC3(C)C)C2)OC1=O. The minimum absolute atomic E-state index is 0.00418. The van der Waals surface area contributed by atoms with Crippen LogP contribution in [0.15, 0.2) is 23.5 Å². The van der Waals surface area contributed by atoms with Crippen LogP contribution in [0.4, 0.5) is 0 Å². The highest BCUT2D eigenvalue weighted by molar-refractivity contribution is 5.91. The van der Waals surface area contributed by atoms with Crippen molar-refractivity contribution in [1.82, 2.24) is 0 Å². The van der Waals surface area contributed by atoms with Crippen molar-refractivity contribution < 1.29 is 23.8 Å². The lowest BCUT2D eigenvalue weighted by Crippen LogP contribution is -2.41. The quantitative estimate of drug-likeness (QED) is 0.424. The maximum Gasteiger partial charge on any atom is 0.337 e. The number of carbonyl (C=O) groups excluding carboxylic acids is 2. The summed E-state index contributed by atoms with van der Waals surface area (Å²) in [6, 6.07) is 0. The van der Waals surface area contributed by atoms with E-state index in [4.69, 9.17) is 14.2 Å². The molecule has 0 N–H and O–H groups in total. The standard InChI is InChI=1S/C21H30O5/c1-13-14(2)20(26-19(13)23)24-11-9-18(22)25-16-7-8-17-15(12-16)6-5-10-21(17,3)4/h9,11,15-17,20H,5-8,10,12H2,1-4H3/b11-9+. The van der Waals surface area contributed by atoms with Gasteiger partial charge in [0.25, 0.3) is 6.29 Å². The first kappa shape index (κ1) is 19.0. The Morgan fingerprint density at radius 2 is 2.00 bits per heavy atom. The van der Waals surface area contributed by atoms with Gasteiger partial charge in [0.2, 0.25) is 0 Å². The van der Waals surface area contributed by atoms with Gasteiger partial charge in [-0.05, 0) is 56.8 Å². The normalized spacial score (nSPS) is 33.8. The van der Waals surface area contributed by atoms with Crippen molar-refractivity contribution in [2.45, 2.75) is 78.6 Å². The highest BCUT2D eigenvalue weighted by atomic mass is 16.7. The summed E-state index contributed by atoms with van der Waals surface area (Å²) >= 11 is 0. The lowest BCUT2D eigenvalue weighted by Gasteiger charge is -2.48. The summed E-state index contributed by atoms with van der Waals surface area (Å²) < 4.78 is 16.0. The molecule has 0 amide bonds. The van der Waals surface area contributed by atoms with Crippen molar-refractivity contribution in [2.75, 3.05) is 0 Å². The van der Waals surface area contributed by atoms with Crippen LogP contribution in [0.25, 0.3) is 0 Å². The van der Waals surface area contributed by atoms with E-state index in [0.717, 1.165) is 30.8 Å². The fourth-order valence-corrected chi connectivity index (χ4v) is 4.79. The number of rotatable bonds is 4. The van der Waals surface area contributed by atoms with Gasteiger partial charge >= 0.3 is 11.9 Å². The highest BCUT2D eigenvalue weighted by Crippen LogP contribution is 2.50. The number of hydrogen-bond donors (Lipinski definition) is 0. The van der Waals surface area contributed by atoms with E-state index in [9.17, 15) is 9.59 Å². The molecule has 3 rings (SSSR count). The second-order valence-corrected chi connectivity index (χ2v) is 8.60. The first-order chi connectivity index (χ1) is 12.3. The molecule has 0 aromatic heterocycles. The Labute approximate surface area is 155 Å². The van der Waals surface area contributed by atoms with E-state index in [2.05, 4.69) is 13.8 Å². The summed E-state index contributed by atoms with van der Waals surface area (Å²) in [5.41, 5.74) is 1.69. The van der Waals surface area contributed by atoms with Crippen LogP contribution in [0.5, 0.6) is 0 Å². The molecule has 0 spiro atoms. The highest BCUT2D eigenvalue weighted by Gasteiger charge is 2.42. The van der Waals surface area contributed by atoms with Crippen LogP contribution in [0.3, 0.4) is 0 Å². The summed E-state index contributed by atoms with van der Waals surface area (Å²) in [7, 11) is 0. The number of esters is 2. The molecule has 0 aromatic carbocycles. The molecule has 4 unspecified atom stereocenters. The van der Waals surface area contributed by atoms with Crippen molar-refractivity contribution in [1.29, 1.82) is 0 Å². The molecular formula is C21H30O5. The molecule has 5 heteroatoms. The van der Waals surface area contributed by atoms with Gasteiger partial charge < -0.3 is 14.2 Å². The van der Waals surface area contributed by atoms with E-state index in [1.165, 1.54) is 31.6 Å².